The number of halogens is 1. The largest absolute Gasteiger partial charge is 0.439 e. The number of aryl methyl sites for hydroxylation is 3. The molecule has 0 spiro atoms. The molecule has 0 saturated carbocycles. The first-order valence-electron chi connectivity index (χ1n) is 10.0. The highest BCUT2D eigenvalue weighted by Gasteiger charge is 2.11. The number of nitrogens with zero attached hydrogens (tertiary/aromatic N) is 4. The van der Waals surface area contributed by atoms with E-state index in [-0.39, 0.29) is 11.5 Å². The monoisotopic (exact) mass is 431 g/mol. The molecule has 0 atom stereocenters. The summed E-state index contributed by atoms with van der Waals surface area (Å²) < 4.78 is 21.5. The Morgan fingerprint density at radius 3 is 2.41 bits per heavy atom. The highest BCUT2D eigenvalue weighted by Crippen LogP contribution is 2.24. The van der Waals surface area contributed by atoms with Gasteiger partial charge in [0.2, 0.25) is 5.88 Å². The van der Waals surface area contributed by atoms with Crippen LogP contribution in [0.3, 0.4) is 0 Å². The lowest BCUT2D eigenvalue weighted by Crippen LogP contribution is -2.12. The fraction of sp³-hybridized carbons (Fsp3) is 0.167. The number of aromatic nitrogens is 4. The normalized spacial score (nSPS) is 10.8. The van der Waals surface area contributed by atoms with E-state index in [0.29, 0.717) is 34.5 Å². The van der Waals surface area contributed by atoms with Gasteiger partial charge < -0.3 is 10.1 Å². The van der Waals surface area contributed by atoms with E-state index >= 15 is 0 Å². The van der Waals surface area contributed by atoms with Crippen molar-refractivity contribution >= 4 is 11.6 Å². The Bertz CT molecular complexity index is 1300. The number of rotatable bonds is 5. The molecule has 0 radical (unpaired) electrons. The number of hydrogen-bond donors (Lipinski definition) is 1. The van der Waals surface area contributed by atoms with E-state index in [9.17, 15) is 9.18 Å². The van der Waals surface area contributed by atoms with Crippen LogP contribution in [0.2, 0.25) is 0 Å². The third-order valence-electron chi connectivity index (χ3n) is 5.07. The molecule has 0 aliphatic heterocycles. The number of hydrogen-bond acceptors (Lipinski definition) is 5. The second-order valence-corrected chi connectivity index (χ2v) is 7.44. The van der Waals surface area contributed by atoms with Crippen LogP contribution in [0.5, 0.6) is 11.6 Å². The Kier molecular flexibility index (Phi) is 5.68. The van der Waals surface area contributed by atoms with E-state index in [0.717, 1.165) is 11.4 Å². The Hall–Kier alpha value is -4.07. The van der Waals surface area contributed by atoms with Gasteiger partial charge in [0.1, 0.15) is 29.5 Å². The third kappa shape index (κ3) is 4.49. The maximum atomic E-state index is 13.7. The smallest absolute Gasteiger partial charge is 0.255 e. The molecule has 4 aromatic rings. The summed E-state index contributed by atoms with van der Waals surface area (Å²) in [5.74, 6) is 1.37. The van der Waals surface area contributed by atoms with Crippen LogP contribution in [0, 0.1) is 33.5 Å². The van der Waals surface area contributed by atoms with Crippen molar-refractivity contribution in [1.29, 1.82) is 0 Å². The molecular formula is C24H22FN5O2. The number of imidazole rings is 1. The second kappa shape index (κ2) is 8.58. The quantitative estimate of drug-likeness (QED) is 0.477. The number of anilines is 1. The van der Waals surface area contributed by atoms with Gasteiger partial charge >= 0.3 is 0 Å². The van der Waals surface area contributed by atoms with Crippen molar-refractivity contribution in [2.24, 2.45) is 0 Å². The third-order valence-corrected chi connectivity index (χ3v) is 5.07. The van der Waals surface area contributed by atoms with Crippen molar-refractivity contribution in [3.8, 4) is 17.4 Å². The van der Waals surface area contributed by atoms with Crippen LogP contribution in [0.15, 0.2) is 54.9 Å². The molecule has 2 aromatic carbocycles. The first-order valence-corrected chi connectivity index (χ1v) is 10.0. The summed E-state index contributed by atoms with van der Waals surface area (Å²) >= 11 is 0. The van der Waals surface area contributed by atoms with Gasteiger partial charge in [-0.1, -0.05) is 6.07 Å². The average molecular weight is 431 g/mol. The maximum Gasteiger partial charge on any atom is 0.255 e. The summed E-state index contributed by atoms with van der Waals surface area (Å²) in [6.45, 7) is 7.35. The summed E-state index contributed by atoms with van der Waals surface area (Å²) in [6.07, 6.45) is 1.72. The predicted molar refractivity (Wildman–Crippen MR) is 119 cm³/mol. The molecule has 0 bridgehead atoms. The van der Waals surface area contributed by atoms with Crippen LogP contribution in [0.1, 0.15) is 33.1 Å². The number of carbonyl (C=O) groups excluding carboxylic acids is 1. The SMILES string of the molecule is Cc1nc(Oc2ccc(NC(=O)c3ccc(C)c(F)c3)cc2)cc(-n2cnc(C)c2C)n1. The lowest BCUT2D eigenvalue weighted by Gasteiger charge is -2.10. The van der Waals surface area contributed by atoms with Crippen LogP contribution in [-0.2, 0) is 0 Å². The Labute approximate surface area is 184 Å². The van der Waals surface area contributed by atoms with Gasteiger partial charge in [-0.3, -0.25) is 9.36 Å². The molecule has 2 heterocycles. The van der Waals surface area contributed by atoms with Crippen molar-refractivity contribution in [2.45, 2.75) is 27.7 Å². The molecular weight excluding hydrogens is 409 g/mol. The summed E-state index contributed by atoms with van der Waals surface area (Å²) in [6, 6.07) is 13.0. The van der Waals surface area contributed by atoms with Crippen LogP contribution >= 0.6 is 0 Å². The number of nitrogens with one attached hydrogen (secondary N) is 1. The van der Waals surface area contributed by atoms with Crippen molar-refractivity contribution in [3.05, 3.63) is 89.0 Å². The lowest BCUT2D eigenvalue weighted by atomic mass is 10.1. The number of carbonyl (C=O) groups is 1. The molecule has 0 aliphatic carbocycles. The van der Waals surface area contributed by atoms with E-state index in [1.165, 1.54) is 6.07 Å². The van der Waals surface area contributed by atoms with E-state index in [1.54, 1.807) is 62.6 Å². The first kappa shape index (κ1) is 21.2. The minimum absolute atomic E-state index is 0.252. The molecule has 0 unspecified atom stereocenters. The van der Waals surface area contributed by atoms with Crippen LogP contribution in [-0.4, -0.2) is 25.4 Å². The highest BCUT2D eigenvalue weighted by molar-refractivity contribution is 6.04. The molecule has 1 amide bonds. The van der Waals surface area contributed by atoms with Gasteiger partial charge in [0.15, 0.2) is 0 Å². The van der Waals surface area contributed by atoms with Crippen molar-refractivity contribution < 1.29 is 13.9 Å². The van der Waals surface area contributed by atoms with Crippen LogP contribution < -0.4 is 10.1 Å². The van der Waals surface area contributed by atoms with Gasteiger partial charge in [-0.05, 0) is 69.7 Å². The number of benzene rings is 2. The van der Waals surface area contributed by atoms with E-state index in [1.807, 2.05) is 18.4 Å². The van der Waals surface area contributed by atoms with Gasteiger partial charge in [-0.25, -0.2) is 14.4 Å². The van der Waals surface area contributed by atoms with E-state index in [4.69, 9.17) is 4.74 Å². The Morgan fingerprint density at radius 2 is 1.75 bits per heavy atom. The molecule has 1 N–H and O–H groups in total. The molecule has 7 nitrogen and oxygen atoms in total. The predicted octanol–water partition coefficient (Wildman–Crippen LogP) is 5.08. The zero-order valence-electron chi connectivity index (χ0n) is 18.2. The summed E-state index contributed by atoms with van der Waals surface area (Å²) in [5.41, 5.74) is 3.22. The summed E-state index contributed by atoms with van der Waals surface area (Å²) in [7, 11) is 0. The summed E-state index contributed by atoms with van der Waals surface area (Å²) in [5, 5.41) is 2.75. The zero-order chi connectivity index (χ0) is 22.8. The van der Waals surface area contributed by atoms with Crippen molar-refractivity contribution in [1.82, 2.24) is 19.5 Å². The van der Waals surface area contributed by atoms with Gasteiger partial charge in [0, 0.05) is 23.0 Å². The first-order chi connectivity index (χ1) is 15.3. The van der Waals surface area contributed by atoms with E-state index in [2.05, 4.69) is 20.3 Å². The molecule has 0 aliphatic rings. The van der Waals surface area contributed by atoms with E-state index < -0.39 is 5.82 Å². The molecule has 0 fully saturated rings. The maximum absolute atomic E-state index is 13.7. The number of ether oxygens (including phenoxy) is 1. The van der Waals surface area contributed by atoms with Crippen molar-refractivity contribution in [3.63, 3.8) is 0 Å². The highest BCUT2D eigenvalue weighted by atomic mass is 19.1. The van der Waals surface area contributed by atoms with Gasteiger partial charge in [0.05, 0.1) is 5.69 Å². The number of amides is 1. The van der Waals surface area contributed by atoms with Crippen molar-refractivity contribution in [2.75, 3.05) is 5.32 Å². The van der Waals surface area contributed by atoms with Gasteiger partial charge in [0.25, 0.3) is 5.91 Å². The standard InChI is InChI=1S/C24H22FN5O2/c1-14-5-6-18(11-21(14)25)24(31)29-19-7-9-20(10-8-19)32-23-12-22(27-17(4)28-23)30-13-26-15(2)16(30)3/h5-13H,1-4H3,(H,29,31). The fourth-order valence-corrected chi connectivity index (χ4v) is 3.10. The second-order valence-electron chi connectivity index (χ2n) is 7.44. The van der Waals surface area contributed by atoms with Crippen LogP contribution in [0.25, 0.3) is 5.82 Å². The molecule has 8 heteroatoms. The lowest BCUT2D eigenvalue weighted by molar-refractivity contribution is 0.102. The molecule has 0 saturated heterocycles. The molecule has 162 valence electrons. The fourth-order valence-electron chi connectivity index (χ4n) is 3.10. The topological polar surface area (TPSA) is 81.9 Å². The van der Waals surface area contributed by atoms with Crippen LogP contribution in [0.4, 0.5) is 10.1 Å². The van der Waals surface area contributed by atoms with Gasteiger partial charge in [-0.2, -0.15) is 4.98 Å². The van der Waals surface area contributed by atoms with Gasteiger partial charge in [-0.15, -0.1) is 0 Å². The summed E-state index contributed by atoms with van der Waals surface area (Å²) in [4.78, 5) is 25.5. The average Bonchev–Trinajstić information content (AvgIpc) is 3.09. The minimum Gasteiger partial charge on any atom is -0.439 e. The Balaban J connectivity index is 1.48. The molecule has 32 heavy (non-hydrogen) atoms. The molecule has 4 rings (SSSR count). The molecule has 2 aromatic heterocycles. The zero-order valence-corrected chi connectivity index (χ0v) is 18.2. The Morgan fingerprint density at radius 1 is 1.00 bits per heavy atom. The minimum atomic E-state index is -0.415.